The molecule has 2 aromatic rings. The van der Waals surface area contributed by atoms with Gasteiger partial charge in [0.15, 0.2) is 0 Å². The molecule has 1 aromatic carbocycles. The normalized spacial score (nSPS) is 16.3. The Morgan fingerprint density at radius 2 is 1.85 bits per heavy atom. The van der Waals surface area contributed by atoms with Crippen LogP contribution >= 0.6 is 11.3 Å². The zero-order valence-electron chi connectivity index (χ0n) is 16.6. The number of piperidine rings is 1. The minimum atomic E-state index is -0.112. The second-order valence-corrected chi connectivity index (χ2v) is 9.49. The molecule has 2 heterocycles. The third-order valence-electron chi connectivity index (χ3n) is 5.23. The van der Waals surface area contributed by atoms with Gasteiger partial charge < -0.3 is 10.6 Å². The van der Waals surface area contributed by atoms with Crippen molar-refractivity contribution in [2.75, 3.05) is 25.0 Å². The van der Waals surface area contributed by atoms with Crippen molar-refractivity contribution in [2.45, 2.75) is 45.6 Å². The molecule has 0 bridgehead atoms. The Morgan fingerprint density at radius 1 is 1.15 bits per heavy atom. The molecule has 3 rings (SSSR count). The van der Waals surface area contributed by atoms with Crippen molar-refractivity contribution in [2.24, 2.45) is 5.92 Å². The highest BCUT2D eigenvalue weighted by Gasteiger charge is 2.20. The van der Waals surface area contributed by atoms with E-state index in [0.29, 0.717) is 5.92 Å². The fourth-order valence-corrected chi connectivity index (χ4v) is 4.18. The molecule has 0 unspecified atom stereocenters. The molecule has 1 saturated heterocycles. The number of rotatable bonds is 5. The van der Waals surface area contributed by atoms with Crippen molar-refractivity contribution < 1.29 is 4.79 Å². The summed E-state index contributed by atoms with van der Waals surface area (Å²) >= 11 is 1.83. The SMILES string of the molecule is CC(C)(C)c1ccc(NC(=O)NCC2CCN(Cc3cccs3)CC2)cc1. The lowest BCUT2D eigenvalue weighted by Crippen LogP contribution is -2.39. The Kier molecular flexibility index (Phi) is 6.55. The van der Waals surface area contributed by atoms with Gasteiger partial charge in [0.05, 0.1) is 0 Å². The highest BCUT2D eigenvalue weighted by atomic mass is 32.1. The number of amides is 2. The fourth-order valence-electron chi connectivity index (χ4n) is 3.44. The van der Waals surface area contributed by atoms with Gasteiger partial charge in [-0.3, -0.25) is 4.90 Å². The number of nitrogens with zero attached hydrogens (tertiary/aromatic N) is 1. The van der Waals surface area contributed by atoms with Crippen molar-refractivity contribution in [3.8, 4) is 0 Å². The number of urea groups is 1. The van der Waals surface area contributed by atoms with E-state index in [1.165, 1.54) is 10.4 Å². The van der Waals surface area contributed by atoms with E-state index >= 15 is 0 Å². The Balaban J connectivity index is 1.37. The molecule has 2 N–H and O–H groups in total. The monoisotopic (exact) mass is 385 g/mol. The molecule has 1 fully saturated rings. The number of carbonyl (C=O) groups excluding carboxylic acids is 1. The summed E-state index contributed by atoms with van der Waals surface area (Å²) in [5.74, 6) is 0.568. The van der Waals surface area contributed by atoms with Gasteiger partial charge in [-0.1, -0.05) is 39.0 Å². The minimum absolute atomic E-state index is 0.112. The molecule has 0 atom stereocenters. The Morgan fingerprint density at radius 3 is 2.44 bits per heavy atom. The molecule has 2 amide bonds. The summed E-state index contributed by atoms with van der Waals surface area (Å²) in [6.07, 6.45) is 2.29. The number of thiophene rings is 1. The van der Waals surface area contributed by atoms with E-state index < -0.39 is 0 Å². The van der Waals surface area contributed by atoms with Crippen molar-refractivity contribution in [1.29, 1.82) is 0 Å². The summed E-state index contributed by atoms with van der Waals surface area (Å²) in [5, 5.41) is 8.12. The zero-order chi connectivity index (χ0) is 19.3. The van der Waals surface area contributed by atoms with Crippen molar-refractivity contribution >= 4 is 23.1 Å². The van der Waals surface area contributed by atoms with Crippen LogP contribution in [0.2, 0.25) is 0 Å². The van der Waals surface area contributed by atoms with E-state index in [2.05, 4.69) is 66.0 Å². The third kappa shape index (κ3) is 6.08. The van der Waals surface area contributed by atoms with Crippen molar-refractivity contribution in [3.05, 3.63) is 52.2 Å². The van der Waals surface area contributed by atoms with Gasteiger partial charge in [-0.2, -0.15) is 0 Å². The van der Waals surface area contributed by atoms with Crippen LogP contribution in [0.25, 0.3) is 0 Å². The first-order valence-corrected chi connectivity index (χ1v) is 10.7. The van der Waals surface area contributed by atoms with Crippen LogP contribution in [0.4, 0.5) is 10.5 Å². The summed E-state index contributed by atoms with van der Waals surface area (Å²) in [5.41, 5.74) is 2.23. The van der Waals surface area contributed by atoms with Crippen LogP contribution in [0.1, 0.15) is 44.1 Å². The zero-order valence-corrected chi connectivity index (χ0v) is 17.4. The van der Waals surface area contributed by atoms with E-state index in [4.69, 9.17) is 0 Å². The molecule has 146 valence electrons. The van der Waals surface area contributed by atoms with Gasteiger partial charge in [-0.05, 0) is 66.4 Å². The number of nitrogens with one attached hydrogen (secondary N) is 2. The molecule has 5 heteroatoms. The average Bonchev–Trinajstić information content (AvgIpc) is 3.14. The maximum atomic E-state index is 12.2. The molecule has 0 aliphatic carbocycles. The topological polar surface area (TPSA) is 44.4 Å². The molecule has 1 aromatic heterocycles. The number of anilines is 1. The van der Waals surface area contributed by atoms with E-state index in [1.807, 2.05) is 23.5 Å². The van der Waals surface area contributed by atoms with Gasteiger partial charge in [-0.15, -0.1) is 11.3 Å². The van der Waals surface area contributed by atoms with Gasteiger partial charge in [-0.25, -0.2) is 4.79 Å². The highest BCUT2D eigenvalue weighted by molar-refractivity contribution is 7.09. The van der Waals surface area contributed by atoms with E-state index in [9.17, 15) is 4.79 Å². The van der Waals surface area contributed by atoms with Gasteiger partial charge in [0.25, 0.3) is 0 Å². The van der Waals surface area contributed by atoms with Crippen molar-refractivity contribution in [1.82, 2.24) is 10.2 Å². The number of hydrogen-bond acceptors (Lipinski definition) is 3. The third-order valence-corrected chi connectivity index (χ3v) is 6.09. The van der Waals surface area contributed by atoms with E-state index in [0.717, 1.165) is 44.7 Å². The predicted octanol–water partition coefficient (Wildman–Crippen LogP) is 5.08. The quantitative estimate of drug-likeness (QED) is 0.754. The lowest BCUT2D eigenvalue weighted by atomic mass is 9.87. The molecular weight excluding hydrogens is 354 g/mol. The van der Waals surface area contributed by atoms with Gasteiger partial charge >= 0.3 is 6.03 Å². The van der Waals surface area contributed by atoms with Crippen LogP contribution < -0.4 is 10.6 Å². The molecule has 0 saturated carbocycles. The molecule has 4 nitrogen and oxygen atoms in total. The number of hydrogen-bond donors (Lipinski definition) is 2. The largest absolute Gasteiger partial charge is 0.338 e. The molecule has 0 radical (unpaired) electrons. The second kappa shape index (κ2) is 8.89. The molecule has 1 aliphatic rings. The Labute approximate surface area is 167 Å². The first-order chi connectivity index (χ1) is 12.9. The minimum Gasteiger partial charge on any atom is -0.338 e. The number of benzene rings is 1. The lowest BCUT2D eigenvalue weighted by molar-refractivity contribution is 0.177. The number of likely N-dealkylation sites (tertiary alicyclic amines) is 1. The first-order valence-electron chi connectivity index (χ1n) is 9.80. The van der Waals surface area contributed by atoms with Gasteiger partial charge in [0.1, 0.15) is 0 Å². The van der Waals surface area contributed by atoms with Crippen LogP contribution in [0, 0.1) is 5.92 Å². The summed E-state index contributed by atoms with van der Waals surface area (Å²) in [6, 6.07) is 12.3. The average molecular weight is 386 g/mol. The summed E-state index contributed by atoms with van der Waals surface area (Å²) < 4.78 is 0. The maximum Gasteiger partial charge on any atom is 0.319 e. The highest BCUT2D eigenvalue weighted by Crippen LogP contribution is 2.23. The second-order valence-electron chi connectivity index (χ2n) is 8.46. The Hall–Kier alpha value is -1.85. The maximum absolute atomic E-state index is 12.2. The first kappa shape index (κ1) is 19.9. The van der Waals surface area contributed by atoms with Crippen LogP contribution in [0.15, 0.2) is 41.8 Å². The van der Waals surface area contributed by atoms with Crippen LogP contribution in [0.3, 0.4) is 0 Å². The Bertz CT molecular complexity index is 711. The van der Waals surface area contributed by atoms with E-state index in [1.54, 1.807) is 0 Å². The van der Waals surface area contributed by atoms with Gasteiger partial charge in [0.2, 0.25) is 0 Å². The standard InChI is InChI=1S/C22H31N3OS/c1-22(2,3)18-6-8-19(9-7-18)24-21(26)23-15-17-10-12-25(13-11-17)16-20-5-4-14-27-20/h4-9,14,17H,10-13,15-16H2,1-3H3,(H2,23,24,26). The fraction of sp³-hybridized carbons (Fsp3) is 0.500. The van der Waals surface area contributed by atoms with Crippen molar-refractivity contribution in [3.63, 3.8) is 0 Å². The van der Waals surface area contributed by atoms with Crippen LogP contribution in [-0.4, -0.2) is 30.6 Å². The number of carbonyl (C=O) groups is 1. The smallest absolute Gasteiger partial charge is 0.319 e. The van der Waals surface area contributed by atoms with Crippen LogP contribution in [-0.2, 0) is 12.0 Å². The summed E-state index contributed by atoms with van der Waals surface area (Å²) in [4.78, 5) is 16.1. The molecular formula is C22H31N3OS. The summed E-state index contributed by atoms with van der Waals surface area (Å²) in [6.45, 7) is 10.6. The molecule has 1 aliphatic heterocycles. The predicted molar refractivity (Wildman–Crippen MR) is 114 cm³/mol. The van der Waals surface area contributed by atoms with E-state index in [-0.39, 0.29) is 11.4 Å². The lowest BCUT2D eigenvalue weighted by Gasteiger charge is -2.31. The van der Waals surface area contributed by atoms with Gasteiger partial charge in [0, 0.05) is 23.7 Å². The molecule has 27 heavy (non-hydrogen) atoms. The summed E-state index contributed by atoms with van der Waals surface area (Å²) in [7, 11) is 0. The molecule has 0 spiro atoms. The van der Waals surface area contributed by atoms with Crippen LogP contribution in [0.5, 0.6) is 0 Å².